The van der Waals surface area contributed by atoms with E-state index in [4.69, 9.17) is 14.9 Å². The van der Waals surface area contributed by atoms with E-state index in [9.17, 15) is 0 Å². The number of hydrogen-bond acceptors (Lipinski definition) is 3. The largest absolute Gasteiger partial charge is 0.462 e. The number of para-hydroxylation sites is 1. The van der Waals surface area contributed by atoms with Crippen LogP contribution in [0.5, 0.6) is 5.75 Å². The highest BCUT2D eigenvalue weighted by atomic mass is 16.6. The van der Waals surface area contributed by atoms with Gasteiger partial charge in [0.2, 0.25) is 6.29 Å². The first kappa shape index (κ1) is 9.03. The van der Waals surface area contributed by atoms with E-state index in [2.05, 4.69) is 6.92 Å². The lowest BCUT2D eigenvalue weighted by atomic mass is 10.3. The van der Waals surface area contributed by atoms with Crippen molar-refractivity contribution in [2.75, 3.05) is 0 Å². The standard InChI is InChI=1S/C9H11O3/c1-7(10)9(11)12-8-5-3-2-4-6-8/h2-7,9-11H,1H2. The lowest BCUT2D eigenvalue weighted by molar-refractivity contribution is -0.0860. The van der Waals surface area contributed by atoms with Crippen LogP contribution in [0.2, 0.25) is 0 Å². The molecule has 0 aliphatic heterocycles. The Kier molecular flexibility index (Phi) is 3.08. The summed E-state index contributed by atoms with van der Waals surface area (Å²) in [6, 6.07) is 8.76. The summed E-state index contributed by atoms with van der Waals surface area (Å²) in [5, 5.41) is 17.8. The van der Waals surface area contributed by atoms with Gasteiger partial charge in [-0.1, -0.05) is 18.2 Å². The highest BCUT2D eigenvalue weighted by Crippen LogP contribution is 2.10. The third-order valence-corrected chi connectivity index (χ3v) is 1.33. The molecule has 2 N–H and O–H groups in total. The monoisotopic (exact) mass is 167 g/mol. The molecule has 0 heterocycles. The van der Waals surface area contributed by atoms with Gasteiger partial charge in [0.05, 0.1) is 0 Å². The molecule has 3 nitrogen and oxygen atoms in total. The summed E-state index contributed by atoms with van der Waals surface area (Å²) in [7, 11) is 0. The third-order valence-electron chi connectivity index (χ3n) is 1.33. The first-order valence-corrected chi connectivity index (χ1v) is 3.61. The van der Waals surface area contributed by atoms with Gasteiger partial charge in [-0.15, -0.1) is 0 Å². The quantitative estimate of drug-likeness (QED) is 0.647. The molecule has 2 unspecified atom stereocenters. The normalized spacial score (nSPS) is 15.2. The molecular formula is C9H11O3. The number of aliphatic hydroxyl groups excluding tert-OH is 2. The minimum atomic E-state index is -1.27. The molecule has 1 rings (SSSR count). The lowest BCUT2D eigenvalue weighted by Gasteiger charge is -2.15. The molecular weight excluding hydrogens is 156 g/mol. The number of ether oxygens (including phenoxy) is 1. The van der Waals surface area contributed by atoms with Gasteiger partial charge in [-0.3, -0.25) is 0 Å². The average Bonchev–Trinajstić information content (AvgIpc) is 2.06. The molecule has 0 amide bonds. The number of hydrogen-bond donors (Lipinski definition) is 2. The highest BCUT2D eigenvalue weighted by Gasteiger charge is 2.11. The Morgan fingerprint density at radius 2 is 1.75 bits per heavy atom. The van der Waals surface area contributed by atoms with Crippen LogP contribution in [0.3, 0.4) is 0 Å². The van der Waals surface area contributed by atoms with Crippen molar-refractivity contribution in [2.24, 2.45) is 0 Å². The molecule has 2 atom stereocenters. The zero-order valence-corrected chi connectivity index (χ0v) is 6.55. The maximum atomic E-state index is 9.05. The van der Waals surface area contributed by atoms with Crippen LogP contribution in [0.1, 0.15) is 0 Å². The van der Waals surface area contributed by atoms with Gasteiger partial charge >= 0.3 is 0 Å². The Bertz CT molecular complexity index is 220. The summed E-state index contributed by atoms with van der Waals surface area (Å²) in [4.78, 5) is 0. The van der Waals surface area contributed by atoms with E-state index in [-0.39, 0.29) is 0 Å². The first-order valence-electron chi connectivity index (χ1n) is 3.61. The fourth-order valence-corrected chi connectivity index (χ4v) is 0.717. The average molecular weight is 167 g/mol. The Labute approximate surface area is 71.2 Å². The van der Waals surface area contributed by atoms with E-state index in [1.165, 1.54) is 0 Å². The molecule has 12 heavy (non-hydrogen) atoms. The van der Waals surface area contributed by atoms with E-state index in [1.807, 2.05) is 6.07 Å². The van der Waals surface area contributed by atoms with Gasteiger partial charge in [0.1, 0.15) is 11.9 Å². The van der Waals surface area contributed by atoms with Crippen molar-refractivity contribution in [1.29, 1.82) is 0 Å². The number of aliphatic hydroxyl groups is 2. The van der Waals surface area contributed by atoms with Gasteiger partial charge in [0.25, 0.3) is 0 Å². The second-order valence-corrected chi connectivity index (χ2v) is 2.39. The molecule has 0 aliphatic carbocycles. The summed E-state index contributed by atoms with van der Waals surface area (Å²) in [5.41, 5.74) is 0. The summed E-state index contributed by atoms with van der Waals surface area (Å²) >= 11 is 0. The lowest BCUT2D eigenvalue weighted by Crippen LogP contribution is -2.28. The SMILES string of the molecule is [CH2]C(O)C(O)Oc1ccccc1. The van der Waals surface area contributed by atoms with E-state index >= 15 is 0 Å². The maximum absolute atomic E-state index is 9.05. The smallest absolute Gasteiger partial charge is 0.223 e. The van der Waals surface area contributed by atoms with Crippen LogP contribution in [-0.4, -0.2) is 22.6 Å². The Balaban J connectivity index is 2.53. The van der Waals surface area contributed by atoms with Crippen LogP contribution < -0.4 is 4.74 Å². The molecule has 3 heteroatoms. The first-order chi connectivity index (χ1) is 5.70. The van der Waals surface area contributed by atoms with Crippen LogP contribution in [0, 0.1) is 6.92 Å². The van der Waals surface area contributed by atoms with Gasteiger partial charge in [-0.05, 0) is 19.1 Å². The van der Waals surface area contributed by atoms with E-state index in [1.54, 1.807) is 24.3 Å². The van der Waals surface area contributed by atoms with Crippen LogP contribution in [0.4, 0.5) is 0 Å². The topological polar surface area (TPSA) is 49.7 Å². The van der Waals surface area contributed by atoms with Crippen molar-refractivity contribution in [3.63, 3.8) is 0 Å². The molecule has 0 saturated heterocycles. The minimum absolute atomic E-state index is 0.507. The molecule has 0 aromatic heterocycles. The van der Waals surface area contributed by atoms with Crippen LogP contribution >= 0.6 is 0 Å². The fraction of sp³-hybridized carbons (Fsp3) is 0.222. The maximum Gasteiger partial charge on any atom is 0.223 e. The summed E-state index contributed by atoms with van der Waals surface area (Å²) < 4.78 is 4.92. The van der Waals surface area contributed by atoms with Gasteiger partial charge in [-0.25, -0.2) is 0 Å². The second kappa shape index (κ2) is 4.09. The van der Waals surface area contributed by atoms with Crippen molar-refractivity contribution < 1.29 is 14.9 Å². The van der Waals surface area contributed by atoms with Gasteiger partial charge in [-0.2, -0.15) is 0 Å². The number of rotatable bonds is 3. The highest BCUT2D eigenvalue weighted by molar-refractivity contribution is 5.21. The molecule has 1 radical (unpaired) electrons. The predicted molar refractivity (Wildman–Crippen MR) is 44.4 cm³/mol. The Hall–Kier alpha value is -1.06. The van der Waals surface area contributed by atoms with Crippen molar-refractivity contribution in [3.8, 4) is 5.75 Å². The summed E-state index contributed by atoms with van der Waals surface area (Å²) in [6.45, 7) is 3.22. The zero-order valence-electron chi connectivity index (χ0n) is 6.55. The van der Waals surface area contributed by atoms with Crippen molar-refractivity contribution in [2.45, 2.75) is 12.4 Å². The summed E-state index contributed by atoms with van der Waals surface area (Å²) in [5.74, 6) is 0.507. The van der Waals surface area contributed by atoms with Crippen LogP contribution in [0.25, 0.3) is 0 Å². The van der Waals surface area contributed by atoms with Crippen molar-refractivity contribution in [3.05, 3.63) is 37.3 Å². The van der Waals surface area contributed by atoms with E-state index in [0.717, 1.165) is 0 Å². The molecule has 0 spiro atoms. The van der Waals surface area contributed by atoms with E-state index in [0.29, 0.717) is 5.75 Å². The predicted octanol–water partition coefficient (Wildman–Crippen LogP) is 0.579. The summed E-state index contributed by atoms with van der Waals surface area (Å²) in [6.07, 6.45) is -2.40. The van der Waals surface area contributed by atoms with Gasteiger partial charge in [0.15, 0.2) is 0 Å². The fourth-order valence-electron chi connectivity index (χ4n) is 0.717. The van der Waals surface area contributed by atoms with Crippen molar-refractivity contribution >= 4 is 0 Å². The van der Waals surface area contributed by atoms with E-state index < -0.39 is 12.4 Å². The van der Waals surface area contributed by atoms with Crippen LogP contribution in [0.15, 0.2) is 30.3 Å². The third kappa shape index (κ3) is 2.53. The van der Waals surface area contributed by atoms with Gasteiger partial charge in [0, 0.05) is 0 Å². The molecule has 1 aromatic rings. The minimum Gasteiger partial charge on any atom is -0.462 e. The Morgan fingerprint density at radius 3 is 2.25 bits per heavy atom. The molecule has 0 fully saturated rings. The zero-order chi connectivity index (χ0) is 8.97. The van der Waals surface area contributed by atoms with Gasteiger partial charge < -0.3 is 14.9 Å². The molecule has 0 bridgehead atoms. The molecule has 0 aliphatic rings. The second-order valence-electron chi connectivity index (χ2n) is 2.39. The molecule has 1 aromatic carbocycles. The van der Waals surface area contributed by atoms with Crippen molar-refractivity contribution in [1.82, 2.24) is 0 Å². The molecule has 0 saturated carbocycles. The number of benzene rings is 1. The molecule has 65 valence electrons. The Morgan fingerprint density at radius 1 is 1.17 bits per heavy atom. The van der Waals surface area contributed by atoms with Crippen LogP contribution in [-0.2, 0) is 0 Å².